The fourth-order valence-electron chi connectivity index (χ4n) is 16.4. The van der Waals surface area contributed by atoms with E-state index in [2.05, 4.69) is 109 Å². The van der Waals surface area contributed by atoms with Crippen LogP contribution in [-0.4, -0.2) is 74.8 Å². The molecule has 0 radical (unpaired) electrons. The van der Waals surface area contributed by atoms with Gasteiger partial charge in [-0.1, -0.05) is 146 Å². The lowest BCUT2D eigenvalue weighted by Gasteiger charge is -2.25. The number of hydrogen-bond donors (Lipinski definition) is 3. The van der Waals surface area contributed by atoms with Gasteiger partial charge in [0.25, 0.3) is 0 Å². The van der Waals surface area contributed by atoms with Gasteiger partial charge in [0.05, 0.1) is 44.5 Å². The molecule has 0 atom stereocenters. The van der Waals surface area contributed by atoms with Crippen molar-refractivity contribution in [2.75, 3.05) is 57.3 Å². The molecule has 0 saturated carbocycles. The Balaban J connectivity index is 0.000000116. The molecule has 0 aliphatic heterocycles. The highest BCUT2D eigenvalue weighted by Crippen LogP contribution is 2.41. The van der Waals surface area contributed by atoms with Gasteiger partial charge in [0.15, 0.2) is 0 Å². The lowest BCUT2D eigenvalue weighted by atomic mass is 10.1. The highest BCUT2D eigenvalue weighted by molar-refractivity contribution is 7.21. The van der Waals surface area contributed by atoms with Crippen LogP contribution in [0.1, 0.15) is 55.3 Å². The van der Waals surface area contributed by atoms with Crippen molar-refractivity contribution >= 4 is 173 Å². The predicted molar refractivity (Wildman–Crippen MR) is 555 cm³/mol. The summed E-state index contributed by atoms with van der Waals surface area (Å²) < 4.78 is 33.6. The molecule has 24 nitrogen and oxygen atoms in total. The van der Waals surface area contributed by atoms with E-state index < -0.39 is 28.8 Å². The lowest BCUT2D eigenvalue weighted by molar-refractivity contribution is 0.0521. The van der Waals surface area contributed by atoms with Crippen molar-refractivity contribution in [2.45, 2.75) is 34.6 Å². The number of imidazole rings is 2. The van der Waals surface area contributed by atoms with E-state index in [0.717, 1.165) is 137 Å². The third-order valence-electron chi connectivity index (χ3n) is 23.3. The van der Waals surface area contributed by atoms with Crippen LogP contribution in [0.15, 0.2) is 422 Å². The molecule has 8 heterocycles. The summed E-state index contributed by atoms with van der Waals surface area (Å²) in [5.74, 6) is -0.942. The Morgan fingerprint density at radius 1 is 0.302 bits per heavy atom. The number of ether oxygens (including phenoxy) is 1. The topological polar surface area (TPSA) is 301 Å². The third kappa shape index (κ3) is 20.2. The lowest BCUT2D eigenvalue weighted by Crippen LogP contribution is -2.21. The third-order valence-corrected chi connectivity index (χ3v) is 24.3. The molecule has 0 bridgehead atoms. The molecule has 0 fully saturated rings. The molecular weight excluding hydrogens is 1770 g/mol. The molecule has 0 spiro atoms. The van der Waals surface area contributed by atoms with Gasteiger partial charge in [-0.15, -0.1) is 11.3 Å². The summed E-state index contributed by atoms with van der Waals surface area (Å²) >= 11 is 1.51. The number of carbonyl (C=O) groups is 2. The summed E-state index contributed by atoms with van der Waals surface area (Å²) in [6.07, 6.45) is 0. The van der Waals surface area contributed by atoms with E-state index in [-0.39, 0.29) is 29.0 Å². The predicted octanol–water partition coefficient (Wildman–Crippen LogP) is 26.3. The van der Waals surface area contributed by atoms with Crippen LogP contribution in [-0.2, 0) is 4.74 Å². The summed E-state index contributed by atoms with van der Waals surface area (Å²) in [4.78, 5) is 116. The smallest absolute Gasteiger partial charge is 0.351 e. The van der Waals surface area contributed by atoms with Crippen LogP contribution in [0, 0.1) is 0 Å². The number of para-hydroxylation sites is 11. The van der Waals surface area contributed by atoms with Gasteiger partial charge < -0.3 is 66.4 Å². The number of esters is 1. The first-order valence-electron chi connectivity index (χ1n) is 45.2. The number of anilines is 11. The van der Waals surface area contributed by atoms with E-state index in [4.69, 9.17) is 31.9 Å². The van der Waals surface area contributed by atoms with E-state index in [1.165, 1.54) is 23.5 Å². The van der Waals surface area contributed by atoms with Crippen LogP contribution >= 0.6 is 11.3 Å². The second-order valence-corrected chi connectivity index (χ2v) is 33.0. The maximum Gasteiger partial charge on any atom is 0.351 e. The van der Waals surface area contributed by atoms with E-state index in [0.29, 0.717) is 72.0 Å². The first-order valence-corrected chi connectivity index (χ1v) is 46.0. The van der Waals surface area contributed by atoms with E-state index in [1.807, 2.05) is 314 Å². The van der Waals surface area contributed by atoms with Crippen molar-refractivity contribution < 1.29 is 41.5 Å². The Hall–Kier alpha value is -18.1. The van der Waals surface area contributed by atoms with Gasteiger partial charge in [0, 0.05) is 146 Å². The Kier molecular flexibility index (Phi) is 27.3. The van der Waals surface area contributed by atoms with Gasteiger partial charge in [-0.3, -0.25) is 0 Å². The number of carboxylic acid groups (broad SMARTS) is 1. The van der Waals surface area contributed by atoms with Crippen LogP contribution in [0.4, 0.5) is 62.6 Å². The summed E-state index contributed by atoms with van der Waals surface area (Å²) in [6, 6.07) is 120. The van der Waals surface area contributed by atoms with Crippen LogP contribution in [0.2, 0.25) is 0 Å². The molecule has 0 saturated heterocycles. The van der Waals surface area contributed by atoms with Crippen molar-refractivity contribution in [2.24, 2.45) is 0 Å². The van der Waals surface area contributed by atoms with Gasteiger partial charge in [-0.05, 0) is 235 Å². The van der Waals surface area contributed by atoms with Crippen molar-refractivity contribution in [3.8, 4) is 33.3 Å². The zero-order valence-electron chi connectivity index (χ0n) is 76.1. The molecule has 14 aromatic carbocycles. The Labute approximate surface area is 799 Å². The quantitative estimate of drug-likeness (QED) is 0.0445. The van der Waals surface area contributed by atoms with Crippen LogP contribution in [0.25, 0.3) is 120 Å². The van der Waals surface area contributed by atoms with E-state index in [1.54, 1.807) is 25.1 Å². The Bertz CT molecular complexity index is 8120. The molecule has 0 unspecified atom stereocenters. The summed E-state index contributed by atoms with van der Waals surface area (Å²) in [5, 5.41) is 13.6. The summed E-state index contributed by atoms with van der Waals surface area (Å²) in [5.41, 5.74) is 15.5. The van der Waals surface area contributed by atoms with Crippen LogP contribution < -0.4 is 52.6 Å². The number of carboxylic acids is 1. The van der Waals surface area contributed by atoms with E-state index >= 15 is 0 Å². The molecule has 8 aromatic heterocycles. The number of benzene rings is 14. The number of rotatable bonds is 21. The molecule has 22 aromatic rings. The van der Waals surface area contributed by atoms with Crippen molar-refractivity contribution in [3.63, 3.8) is 0 Å². The van der Waals surface area contributed by atoms with Crippen LogP contribution in [0.3, 0.4) is 0 Å². The first-order chi connectivity index (χ1) is 67.9. The van der Waals surface area contributed by atoms with Crippen molar-refractivity contribution in [3.05, 3.63) is 439 Å². The minimum atomic E-state index is -1.30. The zero-order valence-corrected chi connectivity index (χ0v) is 76.9. The minimum absolute atomic E-state index is 0.102. The molecule has 22 rings (SSSR count). The van der Waals surface area contributed by atoms with Crippen molar-refractivity contribution in [1.29, 1.82) is 0 Å². The van der Waals surface area contributed by atoms with Gasteiger partial charge in [0.1, 0.15) is 66.8 Å². The minimum Gasteiger partial charge on any atom is -0.477 e. The number of nitrogens with one attached hydrogen (secondary N) is 2. The highest BCUT2D eigenvalue weighted by atomic mass is 32.1. The number of aromatic carboxylic acids is 1. The molecule has 0 aliphatic carbocycles. The Morgan fingerprint density at radius 3 is 0.928 bits per heavy atom. The number of hydrogen-bond acceptors (Lipinski definition) is 22. The largest absolute Gasteiger partial charge is 0.477 e. The number of aromatic amines is 2. The monoisotopic (exact) mass is 1850 g/mol. The summed E-state index contributed by atoms with van der Waals surface area (Å²) in [7, 11) is 0. The molecule has 0 amide bonds. The van der Waals surface area contributed by atoms with E-state index in [9.17, 15) is 33.6 Å². The first kappa shape index (κ1) is 91.4. The average molecular weight is 1860 g/mol. The van der Waals surface area contributed by atoms with Gasteiger partial charge in [-0.2, -0.15) is 0 Å². The number of aromatic nitrogens is 5. The van der Waals surface area contributed by atoms with Gasteiger partial charge in [-0.25, -0.2) is 48.5 Å². The SMILES string of the molecule is CCN(CC)c1ccc2cc(-c3nc4ccccc4[nH]3)c(=O)oc2c1.CCN(CC)c1ccc2cc(-c3nc4ccccc4s3)c(=O)oc2c1.CCOC(=O)c1cc2ccc(N(c3ccccc3)c3ccccc3)cc2oc1=O.O=C(O)c1cc2ccc(N(c3ccccc3)c3ccccc3)cc2oc1=O.O=c1oc2cc(N(c3ccccc3)c3ccccc3)ccc2cc1-c1nc2ccccc2[nH]1. The number of carbonyl (C=O) groups excluding carboxylic acids is 1. The normalized spacial score (nSPS) is 11.0. The maximum atomic E-state index is 12.9. The maximum absolute atomic E-state index is 12.9. The number of H-pyrrole nitrogens is 2. The number of nitrogens with zero attached hydrogens (tertiary/aromatic N) is 8. The van der Waals surface area contributed by atoms with Gasteiger partial charge >= 0.3 is 40.1 Å². The standard InChI is InChI=1S/C28H19N3O2.C24H19NO4.C22H15NO4.C20H19N3O2.C20H18N2O2S/c32-28-23(27-29-24-13-7-8-14-25(24)30-27)17-19-15-16-22(18-26(19)33-28)31(20-9-3-1-4-10-20)21-11-5-2-6-12-21;1-2-28-23(26)21-15-17-13-14-20(16-22(17)29-24(21)27)25(18-9-5-3-6-10-18)19-11-7-4-8-12-19;24-21(25)19-13-15-11-12-18(14-20(15)27-22(19)26)23(16-7-3-1-4-8-16)17-9-5-2-6-10-17;1-3-23(4-2)14-10-9-13-11-15(20(24)25-18(13)12-14)19-21-16-7-5-6-8-17(16)22-19;1-3-22(4-2)14-10-9-13-11-15(20(23)24-17(13)12-14)19-21-16-7-5-6-8-18(16)25-19/h1-18H,(H,29,30);3-16H,2H2,1H3;1-14H,(H,24,25);5-12H,3-4H2,1-2H3,(H,21,22);5-12H,3-4H2,1-2H3. The Morgan fingerprint density at radius 2 is 0.590 bits per heavy atom. The van der Waals surface area contributed by atoms with Crippen LogP contribution in [0.5, 0.6) is 0 Å². The fourth-order valence-corrected chi connectivity index (χ4v) is 17.4. The number of thiazole rings is 1. The molecule has 3 N–H and O–H groups in total. The molecule has 686 valence electrons. The molecule has 0 aliphatic rings. The molecule has 25 heteroatoms. The fraction of sp³-hybridized carbons (Fsp3) is 0.0877. The summed E-state index contributed by atoms with van der Waals surface area (Å²) in [6.45, 7) is 14.0. The molecular formula is C114H90N10O14S. The highest BCUT2D eigenvalue weighted by Gasteiger charge is 2.24. The van der Waals surface area contributed by atoms with Crippen molar-refractivity contribution in [1.82, 2.24) is 24.9 Å². The average Bonchev–Trinajstić information content (AvgIpc) is 1.75. The second kappa shape index (κ2) is 41.6. The molecule has 139 heavy (non-hydrogen) atoms. The number of fused-ring (bicyclic) bond motifs is 8. The van der Waals surface area contributed by atoms with Gasteiger partial charge in [0.2, 0.25) is 0 Å². The second-order valence-electron chi connectivity index (χ2n) is 31.9. The zero-order chi connectivity index (χ0) is 96.0.